The maximum Gasteiger partial charge on any atom is 0.346 e. The minimum absolute atomic E-state index is 0.0134. The third-order valence-electron chi connectivity index (χ3n) is 7.79. The third-order valence-corrected chi connectivity index (χ3v) is 7.79. The summed E-state index contributed by atoms with van der Waals surface area (Å²) in [5.41, 5.74) is 7.36. The Morgan fingerprint density at radius 1 is 1.08 bits per heavy atom. The van der Waals surface area contributed by atoms with E-state index in [0.717, 1.165) is 24.4 Å². The van der Waals surface area contributed by atoms with E-state index in [2.05, 4.69) is 20.8 Å². The average Bonchev–Trinajstić information content (AvgIpc) is 2.52. The number of piperidine rings is 3. The number of nitrogens with zero attached hydrogens (tertiary/aromatic N) is 1. The molecule has 4 aliphatic rings. The monoisotopic (exact) mass is 329 g/mol. The van der Waals surface area contributed by atoms with Gasteiger partial charge in [0.05, 0.1) is 25.8 Å². The van der Waals surface area contributed by atoms with E-state index in [9.17, 15) is 4.79 Å². The number of amides is 1. The highest BCUT2D eigenvalue weighted by Gasteiger charge is 2.70. The molecule has 2 atom stereocenters. The third kappa shape index (κ3) is 1.84. The van der Waals surface area contributed by atoms with Gasteiger partial charge in [-0.3, -0.25) is 4.48 Å². The summed E-state index contributed by atoms with van der Waals surface area (Å²) in [6.45, 7) is 8.58. The molecule has 130 valence electrons. The van der Waals surface area contributed by atoms with Gasteiger partial charge in [-0.25, -0.2) is 4.79 Å². The van der Waals surface area contributed by atoms with Gasteiger partial charge >= 0.3 is 5.91 Å². The van der Waals surface area contributed by atoms with Crippen LogP contribution in [-0.4, -0.2) is 41.7 Å². The molecule has 5 rings (SSSR count). The van der Waals surface area contributed by atoms with E-state index in [1.54, 1.807) is 7.11 Å². The van der Waals surface area contributed by atoms with Crippen LogP contribution in [0.25, 0.3) is 0 Å². The van der Waals surface area contributed by atoms with Crippen LogP contribution in [0.5, 0.6) is 5.75 Å². The van der Waals surface area contributed by atoms with E-state index in [-0.39, 0.29) is 17.0 Å². The first kappa shape index (κ1) is 16.1. The summed E-state index contributed by atoms with van der Waals surface area (Å²) in [5.74, 6) is 2.54. The molecule has 4 fully saturated rings. The van der Waals surface area contributed by atoms with Crippen LogP contribution < -0.4 is 10.5 Å². The summed E-state index contributed by atoms with van der Waals surface area (Å²) in [4.78, 5) is 13.6. The van der Waals surface area contributed by atoms with E-state index < -0.39 is 0 Å². The van der Waals surface area contributed by atoms with Gasteiger partial charge < -0.3 is 10.5 Å². The van der Waals surface area contributed by atoms with Crippen LogP contribution in [0.2, 0.25) is 0 Å². The van der Waals surface area contributed by atoms with Gasteiger partial charge in [-0.1, -0.05) is 0 Å². The fraction of sp³-hybridized carbons (Fsp3) is 0.650. The Labute approximate surface area is 144 Å². The summed E-state index contributed by atoms with van der Waals surface area (Å²) in [6.07, 6.45) is 2.35. The van der Waals surface area contributed by atoms with Gasteiger partial charge in [0.1, 0.15) is 11.3 Å². The summed E-state index contributed by atoms with van der Waals surface area (Å²) in [5, 5.41) is 0. The Morgan fingerprint density at radius 2 is 1.62 bits per heavy atom. The Kier molecular flexibility index (Phi) is 3.24. The molecule has 1 aromatic rings. The lowest BCUT2D eigenvalue weighted by molar-refractivity contribution is -0.931. The van der Waals surface area contributed by atoms with Crippen molar-refractivity contribution in [3.63, 3.8) is 0 Å². The second kappa shape index (κ2) is 4.83. The predicted molar refractivity (Wildman–Crippen MR) is 93.7 cm³/mol. The Hall–Kier alpha value is -1.39. The number of carbonyl (C=O) groups is 1. The molecule has 1 aliphatic carbocycles. The zero-order chi connectivity index (χ0) is 17.3. The number of quaternary nitrogens is 1. The highest BCUT2D eigenvalue weighted by molar-refractivity contribution is 5.89. The van der Waals surface area contributed by atoms with Crippen molar-refractivity contribution in [3.8, 4) is 5.75 Å². The van der Waals surface area contributed by atoms with Gasteiger partial charge in [0.25, 0.3) is 0 Å². The number of ether oxygens (including phenoxy) is 1. The molecule has 3 heterocycles. The van der Waals surface area contributed by atoms with E-state index in [1.165, 1.54) is 12.8 Å². The topological polar surface area (TPSA) is 52.3 Å². The molecule has 0 aromatic heterocycles. The molecule has 0 spiro atoms. The largest absolute Gasteiger partial charge is 0.497 e. The van der Waals surface area contributed by atoms with Gasteiger partial charge in [0.15, 0.2) is 0 Å². The van der Waals surface area contributed by atoms with Crippen molar-refractivity contribution in [2.45, 2.75) is 44.7 Å². The summed E-state index contributed by atoms with van der Waals surface area (Å²) < 4.78 is 5.81. The second-order valence-electron chi connectivity index (χ2n) is 8.95. The van der Waals surface area contributed by atoms with Gasteiger partial charge in [0, 0.05) is 23.3 Å². The van der Waals surface area contributed by atoms with Gasteiger partial charge in [0.2, 0.25) is 0 Å². The molecule has 4 nitrogen and oxygen atoms in total. The smallest absolute Gasteiger partial charge is 0.346 e. The highest BCUT2D eigenvalue weighted by atomic mass is 16.5. The quantitative estimate of drug-likeness (QED) is 0.849. The van der Waals surface area contributed by atoms with E-state index in [1.807, 2.05) is 24.3 Å². The minimum Gasteiger partial charge on any atom is -0.497 e. The lowest BCUT2D eigenvalue weighted by Gasteiger charge is -2.69. The number of rotatable bonds is 2. The van der Waals surface area contributed by atoms with Gasteiger partial charge in [-0.2, -0.15) is 0 Å². The summed E-state index contributed by atoms with van der Waals surface area (Å²) in [6, 6.07) is 7.60. The van der Waals surface area contributed by atoms with Crippen LogP contribution in [0.4, 0.5) is 0 Å². The molecule has 2 unspecified atom stereocenters. The second-order valence-corrected chi connectivity index (χ2v) is 8.95. The number of hydrogen-bond donors (Lipinski definition) is 1. The van der Waals surface area contributed by atoms with Crippen molar-refractivity contribution in [1.82, 2.24) is 0 Å². The average molecular weight is 329 g/mol. The highest BCUT2D eigenvalue weighted by Crippen LogP contribution is 2.58. The zero-order valence-corrected chi connectivity index (χ0v) is 15.2. The van der Waals surface area contributed by atoms with Crippen LogP contribution in [0.1, 0.15) is 44.0 Å². The standard InChI is InChI=1S/C20H29N2O2/c1-19(2)14-9-15-11-22(19,12-16(10-14)20(15,3)21)18(23)13-5-7-17(24-4)8-6-13/h5-8,14-16H,9-12,21H2,1-4H3/q+1. The number of hydrogen-bond acceptors (Lipinski definition) is 3. The Bertz CT molecular complexity index is 659. The van der Waals surface area contributed by atoms with E-state index in [0.29, 0.717) is 22.2 Å². The van der Waals surface area contributed by atoms with Crippen molar-refractivity contribution in [2.75, 3.05) is 20.2 Å². The molecule has 1 saturated carbocycles. The molecule has 4 heteroatoms. The van der Waals surface area contributed by atoms with E-state index in [4.69, 9.17) is 10.5 Å². The normalized spacial score (nSPS) is 42.1. The fourth-order valence-corrected chi connectivity index (χ4v) is 5.80. The summed E-state index contributed by atoms with van der Waals surface area (Å²) in [7, 11) is 1.65. The SMILES string of the molecule is COc1ccc(C(=O)[N+]23CC4CC(CC(C2)C4(C)N)C3(C)C)cc1. The number of carbonyl (C=O) groups excluding carboxylic acids is 1. The molecule has 24 heavy (non-hydrogen) atoms. The molecule has 3 aliphatic heterocycles. The van der Waals surface area contributed by atoms with Crippen LogP contribution in [-0.2, 0) is 0 Å². The maximum absolute atomic E-state index is 13.6. The zero-order valence-electron chi connectivity index (χ0n) is 15.2. The molecule has 3 saturated heterocycles. The first-order valence-corrected chi connectivity index (χ1v) is 9.07. The Morgan fingerprint density at radius 3 is 2.12 bits per heavy atom. The Balaban J connectivity index is 1.76. The molecule has 4 bridgehead atoms. The number of benzene rings is 1. The molecule has 1 aromatic carbocycles. The maximum atomic E-state index is 13.6. The van der Waals surface area contributed by atoms with Crippen molar-refractivity contribution in [1.29, 1.82) is 0 Å². The lowest BCUT2D eigenvalue weighted by atomic mass is 9.52. The molecule has 1 amide bonds. The first-order chi connectivity index (χ1) is 11.2. The molecule has 2 N–H and O–H groups in total. The van der Waals surface area contributed by atoms with Crippen LogP contribution >= 0.6 is 0 Å². The summed E-state index contributed by atoms with van der Waals surface area (Å²) >= 11 is 0. The van der Waals surface area contributed by atoms with Gasteiger partial charge in [-0.15, -0.1) is 0 Å². The van der Waals surface area contributed by atoms with Crippen molar-refractivity contribution in [3.05, 3.63) is 29.8 Å². The first-order valence-electron chi connectivity index (χ1n) is 9.07. The van der Waals surface area contributed by atoms with Crippen LogP contribution in [0, 0.1) is 17.8 Å². The van der Waals surface area contributed by atoms with Crippen LogP contribution in [0.15, 0.2) is 24.3 Å². The molecular weight excluding hydrogens is 300 g/mol. The lowest BCUT2D eigenvalue weighted by Crippen LogP contribution is -2.83. The number of nitrogens with two attached hydrogens (primary N) is 1. The predicted octanol–water partition coefficient (Wildman–Crippen LogP) is 2.82. The van der Waals surface area contributed by atoms with Crippen LogP contribution in [0.3, 0.4) is 0 Å². The van der Waals surface area contributed by atoms with E-state index >= 15 is 0 Å². The van der Waals surface area contributed by atoms with Crippen molar-refractivity contribution < 1.29 is 14.0 Å². The van der Waals surface area contributed by atoms with Crippen molar-refractivity contribution >= 4 is 5.91 Å². The minimum atomic E-state index is -0.116. The fourth-order valence-electron chi connectivity index (χ4n) is 5.80. The molecule has 0 radical (unpaired) electrons. The van der Waals surface area contributed by atoms with Crippen molar-refractivity contribution in [2.24, 2.45) is 23.5 Å². The molecular formula is C20H29N2O2+. The number of methoxy groups -OCH3 is 1. The van der Waals surface area contributed by atoms with Gasteiger partial charge in [-0.05, 0) is 57.9 Å².